The largest absolute Gasteiger partial charge is 0.301 e. The van der Waals surface area contributed by atoms with Crippen LogP contribution in [0, 0.1) is 12.8 Å². The molecule has 2 amide bonds. The van der Waals surface area contributed by atoms with E-state index < -0.39 is 17.7 Å². The number of anilines is 1. The summed E-state index contributed by atoms with van der Waals surface area (Å²) in [6.45, 7) is 1.96. The van der Waals surface area contributed by atoms with Gasteiger partial charge in [-0.05, 0) is 77.0 Å². The molecule has 0 saturated carbocycles. The van der Waals surface area contributed by atoms with Crippen LogP contribution in [0.15, 0.2) is 51.9 Å². The summed E-state index contributed by atoms with van der Waals surface area (Å²) in [7, 11) is 0. The van der Waals surface area contributed by atoms with E-state index in [9.17, 15) is 9.59 Å². The van der Waals surface area contributed by atoms with E-state index in [1.54, 1.807) is 24.3 Å². The van der Waals surface area contributed by atoms with Gasteiger partial charge >= 0.3 is 0 Å². The van der Waals surface area contributed by atoms with Gasteiger partial charge in [-0.1, -0.05) is 17.7 Å². The number of rotatable bonds is 3. The van der Waals surface area contributed by atoms with Gasteiger partial charge in [0.1, 0.15) is 0 Å². The number of amides is 2. The lowest BCUT2D eigenvalue weighted by Crippen LogP contribution is -2.58. The van der Waals surface area contributed by atoms with E-state index in [1.165, 1.54) is 11.1 Å². The molecule has 0 unspecified atom stereocenters. The van der Waals surface area contributed by atoms with E-state index in [2.05, 4.69) is 26.2 Å². The Morgan fingerprint density at radius 2 is 1.92 bits per heavy atom. The maximum atomic E-state index is 12.8. The molecule has 1 aliphatic rings. The smallest absolute Gasteiger partial charge is 0.251 e. The highest BCUT2D eigenvalue weighted by Crippen LogP contribution is 2.27. The lowest BCUT2D eigenvalue weighted by molar-refractivity contribution is -0.130. The van der Waals surface area contributed by atoms with Crippen molar-refractivity contribution in [2.45, 2.75) is 6.92 Å². The summed E-state index contributed by atoms with van der Waals surface area (Å²) in [5.74, 6) is -2.05. The topological polar surface area (TPSA) is 61.8 Å². The van der Waals surface area contributed by atoms with E-state index >= 15 is 0 Å². The van der Waals surface area contributed by atoms with Crippen molar-refractivity contribution in [1.29, 1.82) is 0 Å². The molecule has 0 bridgehead atoms. The van der Waals surface area contributed by atoms with Gasteiger partial charge in [0.25, 0.3) is 5.91 Å². The van der Waals surface area contributed by atoms with Crippen molar-refractivity contribution in [3.63, 3.8) is 0 Å². The van der Waals surface area contributed by atoms with Crippen LogP contribution in [0.2, 0.25) is 5.02 Å². The van der Waals surface area contributed by atoms with Gasteiger partial charge in [0.05, 0.1) is 11.4 Å². The van der Waals surface area contributed by atoms with Gasteiger partial charge in [0.2, 0.25) is 5.91 Å². The number of hydrogen-bond acceptors (Lipinski definition) is 4. The van der Waals surface area contributed by atoms with E-state index in [4.69, 9.17) is 23.8 Å². The first-order valence-corrected chi connectivity index (χ1v) is 9.19. The van der Waals surface area contributed by atoms with Crippen molar-refractivity contribution in [1.82, 2.24) is 5.32 Å². The number of carbonyl (C=O) groups excluding carboxylic acids is 2. The highest BCUT2D eigenvalue weighted by atomic mass is 79.9. The zero-order valence-corrected chi connectivity index (χ0v) is 16.7. The van der Waals surface area contributed by atoms with Crippen molar-refractivity contribution >= 4 is 74.3 Å². The summed E-state index contributed by atoms with van der Waals surface area (Å²) in [6, 6.07) is 12.2. The van der Waals surface area contributed by atoms with Crippen LogP contribution in [0.4, 0.5) is 11.4 Å². The first-order valence-electron chi connectivity index (χ1n) is 7.61. The number of aliphatic imine (C=N–C) groups is 1. The normalized spacial score (nSPS) is 17.7. The van der Waals surface area contributed by atoms with Crippen LogP contribution in [0.5, 0.6) is 0 Å². The molecule has 1 fully saturated rings. The predicted molar refractivity (Wildman–Crippen MR) is 110 cm³/mol. The highest BCUT2D eigenvalue weighted by Gasteiger charge is 2.38. The van der Waals surface area contributed by atoms with Gasteiger partial charge in [-0.3, -0.25) is 19.5 Å². The van der Waals surface area contributed by atoms with Crippen LogP contribution >= 0.6 is 39.7 Å². The van der Waals surface area contributed by atoms with Crippen LogP contribution in [-0.2, 0) is 9.59 Å². The lowest BCUT2D eigenvalue weighted by atomic mass is 10.1. The fraction of sp³-hybridized carbons (Fsp3) is 0.111. The third-order valence-corrected chi connectivity index (χ3v) is 4.92. The van der Waals surface area contributed by atoms with Crippen LogP contribution in [0.25, 0.3) is 0 Å². The molecule has 1 heterocycles. The molecule has 8 heteroatoms. The molecule has 5 nitrogen and oxygen atoms in total. The second kappa shape index (κ2) is 7.65. The molecule has 0 spiro atoms. The van der Waals surface area contributed by atoms with Gasteiger partial charge < -0.3 is 5.32 Å². The molecule has 0 radical (unpaired) electrons. The second-order valence-electron chi connectivity index (χ2n) is 5.66. The van der Waals surface area contributed by atoms with Gasteiger partial charge in [-0.25, -0.2) is 0 Å². The first-order chi connectivity index (χ1) is 12.4. The number of nitrogens with one attached hydrogen (secondary N) is 1. The zero-order chi connectivity index (χ0) is 18.8. The molecule has 26 heavy (non-hydrogen) atoms. The van der Waals surface area contributed by atoms with Crippen LogP contribution in [0.3, 0.4) is 0 Å². The number of carbonyl (C=O) groups is 2. The Bertz CT molecular complexity index is 931. The summed E-state index contributed by atoms with van der Waals surface area (Å²) >= 11 is 14.5. The minimum Gasteiger partial charge on any atom is -0.301 e. The second-order valence-corrected chi connectivity index (χ2v) is 7.33. The molecule has 1 aliphatic heterocycles. The number of nitrogens with zero attached hydrogens (tertiary/aromatic N) is 2. The van der Waals surface area contributed by atoms with Crippen LogP contribution in [-0.4, -0.2) is 23.1 Å². The number of thiocarbonyl (C=S) groups is 1. The number of hydrogen-bond donors (Lipinski definition) is 1. The van der Waals surface area contributed by atoms with Crippen molar-refractivity contribution in [2.24, 2.45) is 10.9 Å². The minimum absolute atomic E-state index is 0.0310. The summed E-state index contributed by atoms with van der Waals surface area (Å²) in [5.41, 5.74) is 2.23. The van der Waals surface area contributed by atoms with Crippen LogP contribution < -0.4 is 10.2 Å². The molecule has 0 aliphatic carbocycles. The van der Waals surface area contributed by atoms with Crippen molar-refractivity contribution < 1.29 is 9.59 Å². The first kappa shape index (κ1) is 18.7. The summed E-state index contributed by atoms with van der Waals surface area (Å²) in [6.07, 6.45) is 1.33. The lowest BCUT2D eigenvalue weighted by Gasteiger charge is -2.30. The highest BCUT2D eigenvalue weighted by molar-refractivity contribution is 9.10. The molecule has 1 N–H and O–H groups in total. The molecular weight excluding hydrogens is 438 g/mol. The van der Waals surface area contributed by atoms with Gasteiger partial charge in [-0.2, -0.15) is 0 Å². The molecular formula is C18H13BrClN3O2S. The SMILES string of the molecule is Cc1ccc(N=C[C@H]2C(=O)NC(=S)N(c3ccc(Cl)cc3)C2=O)c(Br)c1. The molecule has 0 aromatic heterocycles. The van der Waals surface area contributed by atoms with Crippen molar-refractivity contribution in [3.8, 4) is 0 Å². The molecule has 1 atom stereocenters. The Labute approximate surface area is 169 Å². The Morgan fingerprint density at radius 1 is 1.23 bits per heavy atom. The monoisotopic (exact) mass is 449 g/mol. The Hall–Kier alpha value is -2.09. The van der Waals surface area contributed by atoms with Gasteiger partial charge in [0, 0.05) is 15.7 Å². The summed E-state index contributed by atoms with van der Waals surface area (Å²) in [4.78, 5) is 30.6. The average molecular weight is 451 g/mol. The zero-order valence-electron chi connectivity index (χ0n) is 13.6. The molecule has 132 valence electrons. The average Bonchev–Trinajstić information content (AvgIpc) is 2.57. The quantitative estimate of drug-likeness (QED) is 0.433. The molecule has 2 aromatic rings. The Kier molecular flexibility index (Phi) is 5.50. The minimum atomic E-state index is -1.08. The third kappa shape index (κ3) is 3.85. The van der Waals surface area contributed by atoms with E-state index in [-0.39, 0.29) is 5.11 Å². The van der Waals surface area contributed by atoms with Gasteiger partial charge in [0.15, 0.2) is 11.0 Å². The Morgan fingerprint density at radius 3 is 2.58 bits per heavy atom. The number of halogens is 2. The fourth-order valence-corrected chi connectivity index (χ4v) is 3.45. The van der Waals surface area contributed by atoms with Crippen molar-refractivity contribution in [2.75, 3.05) is 4.90 Å². The Balaban J connectivity index is 1.90. The summed E-state index contributed by atoms with van der Waals surface area (Å²) < 4.78 is 0.780. The van der Waals surface area contributed by atoms with Crippen molar-refractivity contribution in [3.05, 3.63) is 57.5 Å². The maximum absolute atomic E-state index is 12.8. The molecule has 2 aromatic carbocycles. The third-order valence-electron chi connectivity index (χ3n) is 3.75. The van der Waals surface area contributed by atoms with E-state index in [0.29, 0.717) is 16.4 Å². The standard InChI is InChI=1S/C18H13BrClN3O2S/c1-10-2-7-15(14(19)8-10)21-9-13-16(24)22-18(26)23(17(13)25)12-5-3-11(20)4-6-12/h2-9,13H,1H3,(H,22,24,26)/t13-/m0/s1. The van der Waals surface area contributed by atoms with E-state index in [1.807, 2.05) is 25.1 Å². The predicted octanol–water partition coefficient (Wildman–Crippen LogP) is 4.18. The fourth-order valence-electron chi connectivity index (χ4n) is 2.43. The van der Waals surface area contributed by atoms with Crippen LogP contribution in [0.1, 0.15) is 5.56 Å². The molecule has 1 saturated heterocycles. The number of benzene rings is 2. The van der Waals surface area contributed by atoms with Gasteiger partial charge in [-0.15, -0.1) is 0 Å². The maximum Gasteiger partial charge on any atom is 0.251 e. The van der Waals surface area contributed by atoms with E-state index in [0.717, 1.165) is 10.0 Å². The summed E-state index contributed by atoms with van der Waals surface area (Å²) in [5, 5.41) is 3.11. The molecule has 3 rings (SSSR count). The number of aryl methyl sites for hydroxylation is 1.